The third kappa shape index (κ3) is 38.6. The van der Waals surface area contributed by atoms with Crippen molar-refractivity contribution in [2.45, 2.75) is 0 Å². The highest BCUT2D eigenvalue weighted by atomic mass is 32.2. The van der Waals surface area contributed by atoms with Gasteiger partial charge in [-0.2, -0.15) is 9.78 Å². The van der Waals surface area contributed by atoms with Gasteiger partial charge in [-0.05, 0) is 0 Å². The maximum Gasteiger partial charge on any atom is 0.408 e. The number of hydrogen-bond donors (Lipinski definition) is 4. The summed E-state index contributed by atoms with van der Waals surface area (Å²) in [7, 11) is 0. The van der Waals surface area contributed by atoms with Crippen LogP contribution in [0.1, 0.15) is 0 Å². The van der Waals surface area contributed by atoms with E-state index in [1.165, 1.54) is 71.6 Å². The highest BCUT2D eigenvalue weighted by Gasteiger charge is 2.02. The van der Waals surface area contributed by atoms with Gasteiger partial charge in [0.1, 0.15) is 23.8 Å². The van der Waals surface area contributed by atoms with Crippen molar-refractivity contribution in [1.82, 2.24) is 10.6 Å². The molecule has 0 radical (unpaired) electrons. The maximum absolute atomic E-state index is 11.6. The number of ether oxygens (including phenoxy) is 2. The molecule has 0 aliphatic rings. The molecule has 0 bridgehead atoms. The minimum absolute atomic E-state index is 0.0569. The zero-order valence-corrected chi connectivity index (χ0v) is 30.5. The Morgan fingerprint density at radius 1 is 0.581 bits per heavy atom. The number of nitrogens with zero attached hydrogens (tertiary/aromatic N) is 2. The van der Waals surface area contributed by atoms with Crippen molar-refractivity contribution in [1.29, 1.82) is 0 Å². The van der Waals surface area contributed by atoms with Crippen molar-refractivity contribution in [3.63, 3.8) is 0 Å². The highest BCUT2D eigenvalue weighted by Crippen LogP contribution is 2.12. The van der Waals surface area contributed by atoms with E-state index in [2.05, 4.69) is 20.6 Å². The van der Waals surface area contributed by atoms with Gasteiger partial charge in [0.25, 0.3) is 0 Å². The normalized spacial score (nSPS) is 11.2. The van der Waals surface area contributed by atoms with E-state index >= 15 is 0 Å². The molecule has 0 aliphatic carbocycles. The Morgan fingerprint density at radius 2 is 1.02 bits per heavy atom. The molecule has 0 rings (SSSR count). The number of aliphatic hydroxyl groups excluding tert-OH is 2. The number of hydrogen-bond acceptors (Lipinski definition) is 21. The number of carbonyl (C=O) groups is 2. The number of carbonyl (C=O) groups excluding carboxylic acids is 2. The monoisotopic (exact) mass is 782 g/mol. The molecule has 0 aliphatic heterocycles. The van der Waals surface area contributed by atoms with Gasteiger partial charge in [0.15, 0.2) is 0 Å². The molecule has 23 heteroatoms. The van der Waals surface area contributed by atoms with Crippen molar-refractivity contribution in [3.05, 3.63) is 0 Å². The third-order valence-electron chi connectivity index (χ3n) is 3.41. The van der Waals surface area contributed by atoms with Gasteiger partial charge in [-0.25, -0.2) is 19.6 Å². The van der Waals surface area contributed by atoms with Crippen LogP contribution in [0.2, 0.25) is 0 Å². The lowest BCUT2D eigenvalue weighted by Crippen LogP contribution is -2.24. The van der Waals surface area contributed by atoms with E-state index in [4.69, 9.17) is 39.2 Å². The second kappa shape index (κ2) is 38.7. The van der Waals surface area contributed by atoms with Crippen LogP contribution in [0.15, 0.2) is 9.98 Å². The first-order valence-corrected chi connectivity index (χ1v) is 22.4. The lowest BCUT2D eigenvalue weighted by molar-refractivity contribution is -0.196. The molecule has 0 saturated heterocycles. The molecule has 0 heterocycles. The second-order valence-corrected chi connectivity index (χ2v) is 16.1. The smallest absolute Gasteiger partial charge is 0.408 e. The molecule has 252 valence electrons. The first-order valence-electron chi connectivity index (χ1n) is 12.0. The molecular formula is C20H38N4O10S9. The topological polar surface area (TPSA) is 179 Å². The fraction of sp³-hybridized carbons (Fsp3) is 0.800. The van der Waals surface area contributed by atoms with E-state index < -0.39 is 12.2 Å². The Labute approximate surface area is 290 Å². The van der Waals surface area contributed by atoms with Crippen molar-refractivity contribution in [2.75, 3.05) is 92.3 Å². The van der Waals surface area contributed by atoms with E-state index in [-0.39, 0.29) is 29.7 Å². The number of nitrogens with one attached hydrogen (secondary N) is 2. The molecule has 0 spiro atoms. The molecule has 0 aromatic carbocycles. The van der Waals surface area contributed by atoms with Gasteiger partial charge in [-0.15, -0.1) is 94.1 Å². The Bertz CT molecular complexity index is 697. The zero-order chi connectivity index (χ0) is 31.3. The van der Waals surface area contributed by atoms with Crippen molar-refractivity contribution < 1.29 is 48.8 Å². The summed E-state index contributed by atoms with van der Waals surface area (Å²) in [4.78, 5) is 50.6. The molecule has 0 unspecified atom stereocenters. The molecule has 0 saturated carbocycles. The largest absolute Gasteiger partial charge is 0.438 e. The van der Waals surface area contributed by atoms with Crippen LogP contribution in [0, 0.1) is 0 Å². The third-order valence-corrected chi connectivity index (χ3v) is 11.4. The minimum Gasteiger partial charge on any atom is -0.438 e. The quantitative estimate of drug-likeness (QED) is 0.0187. The van der Waals surface area contributed by atoms with Crippen LogP contribution in [0.4, 0.5) is 9.59 Å². The van der Waals surface area contributed by atoms with Gasteiger partial charge < -0.3 is 40.1 Å². The number of rotatable bonds is 32. The van der Waals surface area contributed by atoms with Crippen molar-refractivity contribution in [3.8, 4) is 0 Å². The van der Waals surface area contributed by atoms with Crippen LogP contribution < -0.4 is 10.6 Å². The minimum atomic E-state index is -0.500. The highest BCUT2D eigenvalue weighted by molar-refractivity contribution is 8.16. The molecule has 2 amide bonds. The van der Waals surface area contributed by atoms with Crippen LogP contribution in [0.25, 0.3) is 0 Å². The number of thioether (sulfide) groups is 9. The van der Waals surface area contributed by atoms with Gasteiger partial charge in [0.05, 0.1) is 35.4 Å². The maximum atomic E-state index is 11.6. The van der Waals surface area contributed by atoms with Crippen LogP contribution >= 0.6 is 106 Å². The Hall–Kier alpha value is 0.470. The molecule has 43 heavy (non-hydrogen) atoms. The number of aliphatic imine (C=N–C) groups is 2. The number of alkyl carbamates (subject to hydrolysis) is 2. The summed E-state index contributed by atoms with van der Waals surface area (Å²) in [5.74, 6) is 6.47. The van der Waals surface area contributed by atoms with Crippen molar-refractivity contribution >= 4 is 131 Å². The molecule has 14 nitrogen and oxygen atoms in total. The van der Waals surface area contributed by atoms with Crippen LogP contribution in [0.3, 0.4) is 0 Å². The van der Waals surface area contributed by atoms with E-state index in [0.717, 1.165) is 28.1 Å². The summed E-state index contributed by atoms with van der Waals surface area (Å²) >= 11 is 13.3. The zero-order valence-electron chi connectivity index (χ0n) is 23.2. The molecule has 0 aromatic heterocycles. The van der Waals surface area contributed by atoms with Crippen LogP contribution in [-0.4, -0.2) is 128 Å². The summed E-state index contributed by atoms with van der Waals surface area (Å²) in [6, 6.07) is 0. The van der Waals surface area contributed by atoms with Gasteiger partial charge in [-0.1, -0.05) is 11.8 Å². The summed E-state index contributed by atoms with van der Waals surface area (Å²) in [5.41, 5.74) is 0. The van der Waals surface area contributed by atoms with Crippen LogP contribution in [-0.2, 0) is 29.0 Å². The van der Waals surface area contributed by atoms with Gasteiger partial charge in [-0.3, -0.25) is 0 Å². The summed E-state index contributed by atoms with van der Waals surface area (Å²) in [6.45, 7) is 0. The predicted octanol–water partition coefficient (Wildman–Crippen LogP) is 4.47. The second-order valence-electron chi connectivity index (χ2n) is 6.39. The fourth-order valence-electron chi connectivity index (χ4n) is 1.73. The van der Waals surface area contributed by atoms with Gasteiger partial charge >= 0.3 is 12.2 Å². The average molecular weight is 783 g/mol. The Balaban J connectivity index is 3.29. The number of amides is 2. The molecule has 0 fully saturated rings. The molecule has 0 aromatic rings. The van der Waals surface area contributed by atoms with Gasteiger partial charge in [0.2, 0.25) is 12.8 Å². The summed E-state index contributed by atoms with van der Waals surface area (Å²) in [5, 5.41) is 24.0. The molecular weight excluding hydrogens is 745 g/mol. The van der Waals surface area contributed by atoms with E-state index in [1.54, 1.807) is 47.0 Å². The Morgan fingerprint density at radius 3 is 1.53 bits per heavy atom. The number of aliphatic hydroxyl groups is 2. The summed E-state index contributed by atoms with van der Waals surface area (Å²) in [6.07, 6.45) is 1.53. The lowest BCUT2D eigenvalue weighted by atomic mass is 11.0. The lowest BCUT2D eigenvalue weighted by Gasteiger charge is -2.06. The summed E-state index contributed by atoms with van der Waals surface area (Å²) < 4.78 is 10.0. The first-order chi connectivity index (χ1) is 21.2. The van der Waals surface area contributed by atoms with Crippen molar-refractivity contribution in [2.24, 2.45) is 9.98 Å². The van der Waals surface area contributed by atoms with E-state index in [9.17, 15) is 9.59 Å². The molecule has 0 atom stereocenters. The standard InChI is InChI=1S/C20H38N4O10S9/c25-11-39-17-42-14-30-20(28)24-10-38-4-2-35-7-21-5-31-33-15-41-13-29-19(27)23-9-37-3-1-36-8-22-6-32-34-16-43-18-40-12-26/h5-6,25-26H,1-4,7-18H2,(H,23,27)(H,24,28)/b21-5+,22-6+. The fourth-order valence-corrected chi connectivity index (χ4v) is 7.71. The molecule has 4 N–H and O–H groups in total. The van der Waals surface area contributed by atoms with E-state index in [1.807, 2.05) is 0 Å². The van der Waals surface area contributed by atoms with Gasteiger partial charge in [0, 0.05) is 33.2 Å². The van der Waals surface area contributed by atoms with Crippen LogP contribution in [0.5, 0.6) is 0 Å². The SMILES string of the molecule is O=C(NCSCCSC/N=C/OOCSCSCO)OCSCOO/C=N/CSCCSCNC(=O)OCSCSCO. The first kappa shape index (κ1) is 43.5. The predicted molar refractivity (Wildman–Crippen MR) is 191 cm³/mol. The Kier molecular flexibility index (Phi) is 39.1. The van der Waals surface area contributed by atoms with E-state index in [0.29, 0.717) is 34.5 Å². The average Bonchev–Trinajstić information content (AvgIpc) is 3.00.